The van der Waals surface area contributed by atoms with Gasteiger partial charge in [0.05, 0.1) is 0 Å². The van der Waals surface area contributed by atoms with Crippen molar-refractivity contribution in [3.8, 4) is 0 Å². The third-order valence-corrected chi connectivity index (χ3v) is 0. The molecule has 0 unspecified atom stereocenters. The minimum atomic E-state index is -0.943. The summed E-state index contributed by atoms with van der Waals surface area (Å²) in [6.07, 6.45) is 0. The fourth-order valence-corrected chi connectivity index (χ4v) is 0. The number of carbonyl (C=O) groups is 2. The van der Waals surface area contributed by atoms with Crippen molar-refractivity contribution in [2.45, 2.75) is 0 Å². The first-order chi connectivity index (χ1) is 3.46. The fourth-order valence-electron chi connectivity index (χ4n) is 0. The van der Waals surface area contributed by atoms with Crippen molar-refractivity contribution in [2.24, 2.45) is 0 Å². The molecule has 0 aliphatic heterocycles. The van der Waals surface area contributed by atoms with Crippen LogP contribution < -0.4 is 0 Å². The molecule has 2 N–H and O–H groups in total. The summed E-state index contributed by atoms with van der Waals surface area (Å²) < 4.78 is -1.89. The molecule has 0 aromatic carbocycles. The second-order valence-electron chi connectivity index (χ2n) is 0.468. The molecule has 0 saturated carbocycles. The van der Waals surface area contributed by atoms with Gasteiger partial charge in [0.2, 0.25) is 0 Å². The van der Waals surface area contributed by atoms with E-state index in [1.165, 1.54) is 0 Å². The molecular formula is C2H2O4Rh2. The van der Waals surface area contributed by atoms with E-state index >= 15 is 0 Å². The van der Waals surface area contributed by atoms with Crippen molar-refractivity contribution in [1.82, 2.24) is 0 Å². The zero-order chi connectivity index (χ0) is 7.15. The number of rotatable bonds is 0. The van der Waals surface area contributed by atoms with E-state index in [1.807, 2.05) is 0 Å². The van der Waals surface area contributed by atoms with E-state index in [2.05, 4.69) is 0 Å². The van der Waals surface area contributed by atoms with Gasteiger partial charge in [-0.15, -0.1) is 0 Å². The summed E-state index contributed by atoms with van der Waals surface area (Å²) in [6.45, 7) is 0. The Kier molecular flexibility index (Phi) is 9.92. The van der Waals surface area contributed by atoms with Crippen LogP contribution in [0.5, 0.6) is 0 Å². The second kappa shape index (κ2) is 7.19. The van der Waals surface area contributed by atoms with Gasteiger partial charge < -0.3 is 0 Å². The monoisotopic (exact) mass is 296 g/mol. The Bertz CT molecular complexity index is 70.0. The minimum absolute atomic E-state index is 0.943. The van der Waals surface area contributed by atoms with E-state index in [0.29, 0.717) is 0 Å². The topological polar surface area (TPSA) is 74.6 Å². The van der Waals surface area contributed by atoms with Gasteiger partial charge in [-0.05, 0) is 0 Å². The summed E-state index contributed by atoms with van der Waals surface area (Å²) in [5.74, 6) is 0. The Balaban J connectivity index is 0. The molecule has 0 heterocycles. The predicted molar refractivity (Wildman–Crippen MR) is 16.0 cm³/mol. The van der Waals surface area contributed by atoms with Crippen LogP contribution in [0.25, 0.3) is 0 Å². The third-order valence-electron chi connectivity index (χ3n) is 0. The summed E-state index contributed by atoms with van der Waals surface area (Å²) in [5, 5.41) is 14.7. The standard InChI is InChI=1S/2CHO2.2Rh/c2*2-1-3;;/h2*(H,2,3);;. The Hall–Kier alpha value is 0.187. The number of hydrogen-bond donors (Lipinski definition) is 2. The molecule has 0 amide bonds. The Morgan fingerprint density at radius 1 is 1.00 bits per heavy atom. The molecule has 0 rings (SSSR count). The Morgan fingerprint density at radius 3 is 1.00 bits per heavy atom. The Labute approximate surface area is 65.6 Å². The van der Waals surface area contributed by atoms with Gasteiger partial charge in [-0.1, -0.05) is 0 Å². The second-order valence-corrected chi connectivity index (χ2v) is 1.87. The average Bonchev–Trinajstić information content (AvgIpc) is 1.25. The first-order valence-corrected chi connectivity index (χ1v) is 2.83. The third kappa shape index (κ3) is 4770. The van der Waals surface area contributed by atoms with Gasteiger partial charge >= 0.3 is 65.5 Å². The van der Waals surface area contributed by atoms with E-state index in [1.54, 1.807) is 36.6 Å². The quantitative estimate of drug-likeness (QED) is 0.635. The molecule has 0 spiro atoms. The van der Waals surface area contributed by atoms with E-state index < -0.39 is 9.13 Å². The van der Waals surface area contributed by atoms with Crippen LogP contribution in [-0.4, -0.2) is 19.3 Å². The number of carboxylic acid groups (broad SMARTS) is 2. The van der Waals surface area contributed by atoms with Crippen LogP contribution in [0.1, 0.15) is 0 Å². The van der Waals surface area contributed by atoms with Gasteiger partial charge in [-0.25, -0.2) is 0 Å². The molecule has 0 atom stereocenters. The van der Waals surface area contributed by atoms with Crippen molar-refractivity contribution in [1.29, 1.82) is 0 Å². The van der Waals surface area contributed by atoms with Crippen molar-refractivity contribution >= 4 is 9.13 Å². The molecule has 8 heavy (non-hydrogen) atoms. The fraction of sp³-hybridized carbons (Fsp3) is 0. The maximum absolute atomic E-state index is 8.95. The molecule has 4 nitrogen and oxygen atoms in total. The van der Waals surface area contributed by atoms with Gasteiger partial charge in [0.25, 0.3) is 0 Å². The van der Waals surface area contributed by atoms with Crippen LogP contribution >= 0.6 is 0 Å². The maximum atomic E-state index is 8.95. The van der Waals surface area contributed by atoms with Crippen LogP contribution in [0.4, 0.5) is 9.59 Å². The van der Waals surface area contributed by atoms with Crippen LogP contribution in [0.15, 0.2) is 0 Å². The van der Waals surface area contributed by atoms with Crippen LogP contribution in [0.2, 0.25) is 0 Å². The summed E-state index contributed by atoms with van der Waals surface area (Å²) >= 11 is 3.46. The van der Waals surface area contributed by atoms with Gasteiger partial charge in [-0.3, -0.25) is 0 Å². The summed E-state index contributed by atoms with van der Waals surface area (Å²) in [4.78, 5) is 17.9. The van der Waals surface area contributed by atoms with Gasteiger partial charge in [0, 0.05) is 0 Å². The molecule has 0 aliphatic rings. The SMILES string of the molecule is O=[C](O)[Rh].O=[C](O)[Rh]. The van der Waals surface area contributed by atoms with Crippen LogP contribution in [0, 0.1) is 0 Å². The van der Waals surface area contributed by atoms with E-state index in [-0.39, 0.29) is 0 Å². The molecule has 0 bridgehead atoms. The van der Waals surface area contributed by atoms with Gasteiger partial charge in [0.15, 0.2) is 0 Å². The molecule has 0 aromatic rings. The number of hydrogen-bond acceptors (Lipinski definition) is 2. The van der Waals surface area contributed by atoms with Crippen LogP contribution in [0.3, 0.4) is 0 Å². The van der Waals surface area contributed by atoms with Gasteiger partial charge in [0.1, 0.15) is 0 Å². The zero-order valence-electron chi connectivity index (χ0n) is 3.38. The van der Waals surface area contributed by atoms with Crippen molar-refractivity contribution in [3.63, 3.8) is 0 Å². The zero-order valence-corrected chi connectivity index (χ0v) is 6.65. The molecule has 52 valence electrons. The average molecular weight is 296 g/mol. The molecular weight excluding hydrogens is 294 g/mol. The van der Waals surface area contributed by atoms with E-state index in [9.17, 15) is 0 Å². The van der Waals surface area contributed by atoms with E-state index in [0.717, 1.165) is 0 Å². The summed E-state index contributed by atoms with van der Waals surface area (Å²) in [5.41, 5.74) is 0. The first kappa shape index (κ1) is 11.0. The first-order valence-electron chi connectivity index (χ1n) is 1.19. The normalized spacial score (nSPS) is 6.50. The molecule has 0 radical (unpaired) electrons. The van der Waals surface area contributed by atoms with E-state index in [4.69, 9.17) is 19.8 Å². The Morgan fingerprint density at radius 2 is 1.00 bits per heavy atom. The summed E-state index contributed by atoms with van der Waals surface area (Å²) in [6, 6.07) is 0. The molecule has 0 aromatic heterocycles. The molecule has 0 fully saturated rings. The summed E-state index contributed by atoms with van der Waals surface area (Å²) in [7, 11) is 0. The molecule has 6 heteroatoms. The van der Waals surface area contributed by atoms with Crippen molar-refractivity contribution in [2.75, 3.05) is 0 Å². The van der Waals surface area contributed by atoms with Crippen molar-refractivity contribution in [3.05, 3.63) is 0 Å². The van der Waals surface area contributed by atoms with Gasteiger partial charge in [-0.2, -0.15) is 0 Å². The van der Waals surface area contributed by atoms with Crippen LogP contribution in [-0.2, 0) is 36.6 Å². The predicted octanol–water partition coefficient (Wildman–Crippen LogP) is 0.422. The molecule has 0 aliphatic carbocycles. The molecule has 0 saturated heterocycles. The van der Waals surface area contributed by atoms with Crippen molar-refractivity contribution < 1.29 is 56.4 Å².